The van der Waals surface area contributed by atoms with Crippen LogP contribution in [0.2, 0.25) is 0 Å². The Hall–Kier alpha value is -2.58. The molecule has 152 valence electrons. The molecule has 2 aromatic rings. The predicted octanol–water partition coefficient (Wildman–Crippen LogP) is 3.58. The fourth-order valence-electron chi connectivity index (χ4n) is 2.70. The van der Waals surface area contributed by atoms with Gasteiger partial charge in [-0.25, -0.2) is 8.42 Å². The number of aromatic hydroxyl groups is 1. The Labute approximate surface area is 166 Å². The quantitative estimate of drug-likeness (QED) is 0.643. The summed E-state index contributed by atoms with van der Waals surface area (Å²) < 4.78 is 37.6. The summed E-state index contributed by atoms with van der Waals surface area (Å²) >= 11 is 0. The SMILES string of the molecule is CCOc1cccc(C=Nc2cc(S(=O)(=O)N(CC)CC)ccc2OC)c1O. The molecule has 0 atom stereocenters. The highest BCUT2D eigenvalue weighted by molar-refractivity contribution is 7.89. The number of aliphatic imine (C=N–C) groups is 1. The zero-order valence-electron chi connectivity index (χ0n) is 16.5. The van der Waals surface area contributed by atoms with E-state index in [1.165, 1.54) is 29.8 Å². The van der Waals surface area contributed by atoms with Crippen molar-refractivity contribution < 1.29 is 23.0 Å². The van der Waals surface area contributed by atoms with Gasteiger partial charge in [-0.3, -0.25) is 4.99 Å². The van der Waals surface area contributed by atoms with Gasteiger partial charge in [0.05, 0.1) is 18.6 Å². The van der Waals surface area contributed by atoms with Crippen molar-refractivity contribution in [2.24, 2.45) is 4.99 Å². The minimum atomic E-state index is -3.62. The van der Waals surface area contributed by atoms with Crippen LogP contribution in [0.4, 0.5) is 5.69 Å². The van der Waals surface area contributed by atoms with Crippen LogP contribution in [0.3, 0.4) is 0 Å². The van der Waals surface area contributed by atoms with Crippen molar-refractivity contribution in [1.82, 2.24) is 4.31 Å². The van der Waals surface area contributed by atoms with Crippen LogP contribution in [-0.2, 0) is 10.0 Å². The van der Waals surface area contributed by atoms with Crippen LogP contribution < -0.4 is 9.47 Å². The van der Waals surface area contributed by atoms with E-state index >= 15 is 0 Å². The number of ether oxygens (including phenoxy) is 2. The Kier molecular flexibility index (Phi) is 7.42. The van der Waals surface area contributed by atoms with Gasteiger partial charge in [-0.15, -0.1) is 0 Å². The van der Waals surface area contributed by atoms with Crippen LogP contribution in [-0.4, -0.2) is 50.9 Å². The molecule has 0 aliphatic rings. The van der Waals surface area contributed by atoms with E-state index in [1.807, 2.05) is 6.92 Å². The second-order valence-electron chi connectivity index (χ2n) is 5.81. The lowest BCUT2D eigenvalue weighted by molar-refractivity contribution is 0.318. The highest BCUT2D eigenvalue weighted by Crippen LogP contribution is 2.33. The monoisotopic (exact) mass is 406 g/mol. The van der Waals surface area contributed by atoms with Crippen LogP contribution in [0.1, 0.15) is 26.3 Å². The number of nitrogens with zero attached hydrogens (tertiary/aromatic N) is 2. The Morgan fingerprint density at radius 3 is 2.43 bits per heavy atom. The maximum absolute atomic E-state index is 12.8. The van der Waals surface area contributed by atoms with E-state index in [0.29, 0.717) is 42.4 Å². The zero-order chi connectivity index (χ0) is 20.7. The molecule has 0 saturated heterocycles. The molecule has 0 aliphatic carbocycles. The summed E-state index contributed by atoms with van der Waals surface area (Å²) in [5, 5.41) is 10.3. The zero-order valence-corrected chi connectivity index (χ0v) is 17.4. The molecule has 2 aromatic carbocycles. The van der Waals surface area contributed by atoms with Gasteiger partial charge < -0.3 is 14.6 Å². The molecule has 0 aromatic heterocycles. The molecule has 8 heteroatoms. The van der Waals surface area contributed by atoms with E-state index in [0.717, 1.165) is 0 Å². The highest BCUT2D eigenvalue weighted by atomic mass is 32.2. The molecule has 0 fully saturated rings. The van der Waals surface area contributed by atoms with Gasteiger partial charge in [-0.1, -0.05) is 19.9 Å². The lowest BCUT2D eigenvalue weighted by Crippen LogP contribution is -2.30. The van der Waals surface area contributed by atoms with Gasteiger partial charge in [0.2, 0.25) is 10.0 Å². The summed E-state index contributed by atoms with van der Waals surface area (Å²) in [5.74, 6) is 0.755. The number of para-hydroxylation sites is 1. The number of methoxy groups -OCH3 is 1. The minimum absolute atomic E-state index is 0.0287. The van der Waals surface area contributed by atoms with E-state index in [9.17, 15) is 13.5 Å². The van der Waals surface area contributed by atoms with Crippen LogP contribution >= 0.6 is 0 Å². The molecule has 0 radical (unpaired) electrons. The van der Waals surface area contributed by atoms with Crippen LogP contribution in [0.15, 0.2) is 46.3 Å². The fourth-order valence-corrected chi connectivity index (χ4v) is 4.18. The van der Waals surface area contributed by atoms with Crippen LogP contribution in [0, 0.1) is 0 Å². The summed E-state index contributed by atoms with van der Waals surface area (Å²) in [6.45, 7) is 6.58. The summed E-state index contributed by atoms with van der Waals surface area (Å²) in [7, 11) is -2.13. The van der Waals surface area contributed by atoms with Crippen molar-refractivity contribution in [3.63, 3.8) is 0 Å². The second kappa shape index (κ2) is 9.57. The number of rotatable bonds is 9. The topological polar surface area (TPSA) is 88.4 Å². The van der Waals surface area contributed by atoms with Crippen molar-refractivity contribution in [3.05, 3.63) is 42.0 Å². The summed E-state index contributed by atoms with van der Waals surface area (Å²) in [4.78, 5) is 4.48. The first-order valence-electron chi connectivity index (χ1n) is 9.06. The first-order valence-corrected chi connectivity index (χ1v) is 10.5. The van der Waals surface area contributed by atoms with Crippen molar-refractivity contribution in [2.45, 2.75) is 25.7 Å². The molecule has 0 amide bonds. The van der Waals surface area contributed by atoms with Gasteiger partial charge in [-0.05, 0) is 37.3 Å². The van der Waals surface area contributed by atoms with Crippen molar-refractivity contribution in [1.29, 1.82) is 0 Å². The van der Waals surface area contributed by atoms with Gasteiger partial charge in [-0.2, -0.15) is 4.31 Å². The largest absolute Gasteiger partial charge is 0.504 e. The maximum Gasteiger partial charge on any atom is 0.243 e. The van der Waals surface area contributed by atoms with Gasteiger partial charge in [0.1, 0.15) is 11.4 Å². The lowest BCUT2D eigenvalue weighted by Gasteiger charge is -2.19. The maximum atomic E-state index is 12.8. The van der Waals surface area contributed by atoms with E-state index in [1.54, 1.807) is 38.1 Å². The Morgan fingerprint density at radius 2 is 1.82 bits per heavy atom. The van der Waals surface area contributed by atoms with Gasteiger partial charge in [0, 0.05) is 24.9 Å². The van der Waals surface area contributed by atoms with E-state index in [4.69, 9.17) is 9.47 Å². The first-order chi connectivity index (χ1) is 13.4. The summed E-state index contributed by atoms with van der Waals surface area (Å²) in [5.41, 5.74) is 0.793. The smallest absolute Gasteiger partial charge is 0.243 e. The molecule has 28 heavy (non-hydrogen) atoms. The average molecular weight is 407 g/mol. The van der Waals surface area contributed by atoms with Crippen molar-refractivity contribution in [2.75, 3.05) is 26.8 Å². The number of phenols is 1. The van der Waals surface area contributed by atoms with Gasteiger partial charge in [0.15, 0.2) is 11.5 Å². The number of hydrogen-bond acceptors (Lipinski definition) is 6. The third-order valence-electron chi connectivity index (χ3n) is 4.17. The van der Waals surface area contributed by atoms with Crippen LogP contribution in [0.5, 0.6) is 17.2 Å². The van der Waals surface area contributed by atoms with Gasteiger partial charge in [0.25, 0.3) is 0 Å². The molecular formula is C20H26N2O5S. The third kappa shape index (κ3) is 4.63. The van der Waals surface area contributed by atoms with Crippen LogP contribution in [0.25, 0.3) is 0 Å². The standard InChI is InChI=1S/C20H26N2O5S/c1-5-22(6-2)28(24,25)16-11-12-18(26-4)17(13-16)21-14-15-9-8-10-19(20(15)23)27-7-3/h8-14,23H,5-7H2,1-4H3. The van der Waals surface area contributed by atoms with Crippen molar-refractivity contribution in [3.8, 4) is 17.2 Å². The Morgan fingerprint density at radius 1 is 1.11 bits per heavy atom. The molecule has 2 rings (SSSR count). The molecule has 0 saturated carbocycles. The average Bonchev–Trinajstić information content (AvgIpc) is 2.69. The predicted molar refractivity (Wildman–Crippen MR) is 110 cm³/mol. The molecular weight excluding hydrogens is 380 g/mol. The Bertz CT molecular complexity index is 938. The minimum Gasteiger partial charge on any atom is -0.504 e. The molecule has 1 N–H and O–H groups in total. The van der Waals surface area contributed by atoms with Gasteiger partial charge >= 0.3 is 0 Å². The van der Waals surface area contributed by atoms with E-state index < -0.39 is 10.0 Å². The number of sulfonamides is 1. The number of phenolic OH excluding ortho intramolecular Hbond substituents is 1. The molecule has 0 bridgehead atoms. The highest BCUT2D eigenvalue weighted by Gasteiger charge is 2.22. The first kappa shape index (κ1) is 21.7. The summed E-state index contributed by atoms with van der Waals surface area (Å²) in [6, 6.07) is 9.62. The molecule has 0 aliphatic heterocycles. The third-order valence-corrected chi connectivity index (χ3v) is 6.21. The van der Waals surface area contributed by atoms with E-state index in [2.05, 4.69) is 4.99 Å². The molecule has 7 nitrogen and oxygen atoms in total. The second-order valence-corrected chi connectivity index (χ2v) is 7.75. The summed E-state index contributed by atoms with van der Waals surface area (Å²) in [6.07, 6.45) is 1.45. The number of hydrogen-bond donors (Lipinski definition) is 1. The molecule has 0 spiro atoms. The molecule has 0 heterocycles. The lowest BCUT2D eigenvalue weighted by atomic mass is 10.2. The van der Waals surface area contributed by atoms with Crippen molar-refractivity contribution >= 4 is 21.9 Å². The Balaban J connectivity index is 2.46. The fraction of sp³-hybridized carbons (Fsp3) is 0.350. The molecule has 0 unspecified atom stereocenters. The van der Waals surface area contributed by atoms with E-state index in [-0.39, 0.29) is 10.6 Å². The normalized spacial score (nSPS) is 11.9. The number of benzene rings is 2.